The largest absolute Gasteiger partial charge is 0.238 e. The molecule has 4 aliphatic carbocycles. The Morgan fingerprint density at radius 3 is 2.21 bits per heavy atom. The first-order valence-electron chi connectivity index (χ1n) is 7.58. The van der Waals surface area contributed by atoms with Gasteiger partial charge in [-0.2, -0.15) is 0 Å². The maximum Gasteiger partial charge on any atom is 0.135 e. The summed E-state index contributed by atoms with van der Waals surface area (Å²) in [6.45, 7) is 2.07. The summed E-state index contributed by atoms with van der Waals surface area (Å²) in [5.74, 6) is 4.43. The molecule has 19 heavy (non-hydrogen) atoms. The van der Waals surface area contributed by atoms with Gasteiger partial charge in [0.1, 0.15) is 5.82 Å². The van der Waals surface area contributed by atoms with Gasteiger partial charge >= 0.3 is 0 Å². The molecular formula is C16H21ClN2. The van der Waals surface area contributed by atoms with Crippen molar-refractivity contribution in [1.82, 2.24) is 9.97 Å². The quantitative estimate of drug-likeness (QED) is 0.763. The lowest BCUT2D eigenvalue weighted by Gasteiger charge is -2.56. The minimum Gasteiger partial charge on any atom is -0.238 e. The molecule has 0 radical (unpaired) electrons. The Bertz CT molecular complexity index is 476. The summed E-state index contributed by atoms with van der Waals surface area (Å²) in [7, 11) is 0. The van der Waals surface area contributed by atoms with E-state index in [1.54, 1.807) is 0 Å². The Morgan fingerprint density at radius 2 is 1.68 bits per heavy atom. The molecule has 0 atom stereocenters. The summed E-state index contributed by atoms with van der Waals surface area (Å²) in [6, 6.07) is 2.02. The van der Waals surface area contributed by atoms with E-state index in [0.717, 1.165) is 35.0 Å². The van der Waals surface area contributed by atoms with Crippen molar-refractivity contribution in [3.05, 3.63) is 23.3 Å². The maximum atomic E-state index is 5.99. The number of hydrogen-bond acceptors (Lipinski definition) is 2. The van der Waals surface area contributed by atoms with Gasteiger partial charge in [0.05, 0.1) is 11.6 Å². The molecule has 0 amide bonds. The fourth-order valence-corrected chi connectivity index (χ4v) is 5.46. The predicted octanol–water partition coefficient (Wildman–Crippen LogP) is 3.99. The van der Waals surface area contributed by atoms with E-state index >= 15 is 0 Å². The van der Waals surface area contributed by atoms with Crippen LogP contribution in [-0.4, -0.2) is 9.97 Å². The van der Waals surface area contributed by atoms with Gasteiger partial charge in [-0.25, -0.2) is 9.97 Å². The van der Waals surface area contributed by atoms with Crippen LogP contribution >= 0.6 is 11.6 Å². The van der Waals surface area contributed by atoms with E-state index in [9.17, 15) is 0 Å². The summed E-state index contributed by atoms with van der Waals surface area (Å²) >= 11 is 5.99. The lowest BCUT2D eigenvalue weighted by Crippen LogP contribution is -2.49. The summed E-state index contributed by atoms with van der Waals surface area (Å²) in [6.07, 6.45) is 8.37. The van der Waals surface area contributed by atoms with E-state index in [1.807, 2.05) is 6.07 Å². The second kappa shape index (κ2) is 4.18. The Morgan fingerprint density at radius 1 is 1.11 bits per heavy atom. The molecule has 4 saturated carbocycles. The summed E-state index contributed by atoms with van der Waals surface area (Å²) < 4.78 is 0. The zero-order valence-corrected chi connectivity index (χ0v) is 12.3. The number of alkyl halides is 1. The highest BCUT2D eigenvalue weighted by atomic mass is 35.5. The molecule has 2 nitrogen and oxygen atoms in total. The summed E-state index contributed by atoms with van der Waals surface area (Å²) in [4.78, 5) is 9.60. The van der Waals surface area contributed by atoms with Crippen LogP contribution in [0.1, 0.15) is 55.7 Å². The van der Waals surface area contributed by atoms with Crippen molar-refractivity contribution < 1.29 is 0 Å². The third-order valence-electron chi connectivity index (χ3n) is 5.56. The molecule has 4 aliphatic rings. The molecule has 4 fully saturated rings. The number of hydrogen-bond donors (Lipinski definition) is 0. The first kappa shape index (κ1) is 12.1. The van der Waals surface area contributed by atoms with Crippen LogP contribution in [0.2, 0.25) is 0 Å². The number of rotatable bonds is 2. The van der Waals surface area contributed by atoms with Gasteiger partial charge in [0.2, 0.25) is 0 Å². The molecule has 0 saturated heterocycles. The van der Waals surface area contributed by atoms with Crippen molar-refractivity contribution in [1.29, 1.82) is 0 Å². The van der Waals surface area contributed by atoms with Gasteiger partial charge < -0.3 is 0 Å². The number of aryl methyl sites for hydroxylation is 1. The summed E-state index contributed by atoms with van der Waals surface area (Å²) in [5.41, 5.74) is 2.37. The molecule has 102 valence electrons. The van der Waals surface area contributed by atoms with Crippen LogP contribution in [-0.2, 0) is 11.3 Å². The van der Waals surface area contributed by atoms with Gasteiger partial charge in [-0.1, -0.05) is 0 Å². The second-order valence-electron chi connectivity index (χ2n) is 7.16. The Balaban J connectivity index is 1.77. The molecule has 0 spiro atoms. The first-order chi connectivity index (χ1) is 9.17. The van der Waals surface area contributed by atoms with Crippen LogP contribution in [0, 0.1) is 24.7 Å². The van der Waals surface area contributed by atoms with E-state index in [0.29, 0.717) is 11.3 Å². The van der Waals surface area contributed by atoms with Crippen molar-refractivity contribution in [3.63, 3.8) is 0 Å². The highest BCUT2D eigenvalue weighted by Crippen LogP contribution is 2.60. The highest BCUT2D eigenvalue weighted by molar-refractivity contribution is 6.16. The van der Waals surface area contributed by atoms with Crippen molar-refractivity contribution in [3.8, 4) is 0 Å². The minimum atomic E-state index is 0.293. The van der Waals surface area contributed by atoms with Gasteiger partial charge in [0.25, 0.3) is 0 Å². The predicted molar refractivity (Wildman–Crippen MR) is 76.2 cm³/mol. The van der Waals surface area contributed by atoms with Crippen LogP contribution in [0.3, 0.4) is 0 Å². The lowest BCUT2D eigenvalue weighted by atomic mass is 9.49. The van der Waals surface area contributed by atoms with Gasteiger partial charge in [0, 0.05) is 11.1 Å². The number of nitrogens with zero attached hydrogens (tertiary/aromatic N) is 2. The van der Waals surface area contributed by atoms with Crippen LogP contribution in [0.4, 0.5) is 0 Å². The van der Waals surface area contributed by atoms with Gasteiger partial charge in [-0.3, -0.25) is 0 Å². The fraction of sp³-hybridized carbons (Fsp3) is 0.750. The van der Waals surface area contributed by atoms with Gasteiger partial charge in [-0.15, -0.1) is 11.6 Å². The SMILES string of the molecule is Cc1cc(CCl)nc(C23CC4CC(CC(C4)C2)C3)n1. The first-order valence-corrected chi connectivity index (χ1v) is 8.11. The van der Waals surface area contributed by atoms with Crippen LogP contribution in [0.5, 0.6) is 0 Å². The third-order valence-corrected chi connectivity index (χ3v) is 5.83. The van der Waals surface area contributed by atoms with Gasteiger partial charge in [-0.05, 0) is 69.3 Å². The number of aromatic nitrogens is 2. The van der Waals surface area contributed by atoms with E-state index in [2.05, 4.69) is 6.92 Å². The molecule has 1 aromatic rings. The lowest BCUT2D eigenvalue weighted by molar-refractivity contribution is -0.00955. The van der Waals surface area contributed by atoms with Crippen LogP contribution < -0.4 is 0 Å². The standard InChI is InChI=1S/C16H21ClN2/c1-10-2-14(9-17)19-15(18-10)16-6-11-3-12(7-16)5-13(4-11)8-16/h2,11-13H,3-9H2,1H3. The van der Waals surface area contributed by atoms with Gasteiger partial charge in [0.15, 0.2) is 0 Å². The van der Waals surface area contributed by atoms with Crippen molar-refractivity contribution in [2.75, 3.05) is 0 Å². The molecule has 0 aliphatic heterocycles. The van der Waals surface area contributed by atoms with Crippen LogP contribution in [0.25, 0.3) is 0 Å². The van der Waals surface area contributed by atoms with Crippen molar-refractivity contribution in [2.24, 2.45) is 17.8 Å². The summed E-state index contributed by atoms with van der Waals surface area (Å²) in [5, 5.41) is 0. The maximum absolute atomic E-state index is 5.99. The number of halogens is 1. The Labute approximate surface area is 120 Å². The molecule has 0 N–H and O–H groups in total. The third kappa shape index (κ3) is 1.91. The zero-order valence-electron chi connectivity index (χ0n) is 11.5. The molecule has 4 bridgehead atoms. The average molecular weight is 277 g/mol. The molecule has 1 heterocycles. The smallest absolute Gasteiger partial charge is 0.135 e. The fourth-order valence-electron chi connectivity index (χ4n) is 5.32. The molecule has 0 aromatic carbocycles. The van der Waals surface area contributed by atoms with Crippen molar-refractivity contribution in [2.45, 2.75) is 56.7 Å². The normalized spacial score (nSPS) is 39.8. The highest BCUT2D eigenvalue weighted by Gasteiger charge is 2.53. The minimum absolute atomic E-state index is 0.293. The zero-order chi connectivity index (χ0) is 13.0. The molecule has 1 aromatic heterocycles. The second-order valence-corrected chi connectivity index (χ2v) is 7.42. The van der Waals surface area contributed by atoms with E-state index < -0.39 is 0 Å². The van der Waals surface area contributed by atoms with Crippen LogP contribution in [0.15, 0.2) is 6.07 Å². The Kier molecular flexibility index (Phi) is 2.67. The average Bonchev–Trinajstić information content (AvgIpc) is 2.36. The van der Waals surface area contributed by atoms with Crippen molar-refractivity contribution >= 4 is 11.6 Å². The van der Waals surface area contributed by atoms with E-state index in [4.69, 9.17) is 21.6 Å². The molecular weight excluding hydrogens is 256 g/mol. The Hall–Kier alpha value is -0.630. The van der Waals surface area contributed by atoms with E-state index in [1.165, 1.54) is 38.5 Å². The van der Waals surface area contributed by atoms with E-state index in [-0.39, 0.29) is 0 Å². The molecule has 0 unspecified atom stereocenters. The monoisotopic (exact) mass is 276 g/mol. The topological polar surface area (TPSA) is 25.8 Å². The molecule has 3 heteroatoms. The molecule has 5 rings (SSSR count).